The van der Waals surface area contributed by atoms with Crippen LogP contribution in [0, 0.1) is 22.7 Å². The van der Waals surface area contributed by atoms with E-state index in [2.05, 4.69) is 15.2 Å². The Morgan fingerprint density at radius 1 is 1.15 bits per heavy atom. The molecule has 33 heavy (non-hydrogen) atoms. The molecular weight excluding hydrogens is 437 g/mol. The van der Waals surface area contributed by atoms with Crippen LogP contribution < -0.4 is 10.2 Å². The number of pyridine rings is 1. The van der Waals surface area contributed by atoms with E-state index in [1.165, 1.54) is 19.1 Å². The highest BCUT2D eigenvalue weighted by Crippen LogP contribution is 2.33. The Hall–Kier alpha value is -3.67. The van der Waals surface area contributed by atoms with E-state index in [0.717, 1.165) is 11.8 Å². The SMILES string of the molecule is CC(O)(CN1CCN(c2ccc(C#N)nc2)CC1)C(=O)Nc1ccc(C#N)c(C(F)(F)F)c1. The average molecular weight is 458 g/mol. The highest BCUT2D eigenvalue weighted by atomic mass is 19.4. The highest BCUT2D eigenvalue weighted by molar-refractivity contribution is 5.97. The molecule has 1 amide bonds. The number of hydrogen-bond donors (Lipinski definition) is 2. The van der Waals surface area contributed by atoms with Gasteiger partial charge in [-0.05, 0) is 37.3 Å². The van der Waals surface area contributed by atoms with Crippen molar-refractivity contribution in [1.82, 2.24) is 9.88 Å². The van der Waals surface area contributed by atoms with Gasteiger partial charge in [-0.2, -0.15) is 23.7 Å². The van der Waals surface area contributed by atoms with Crippen LogP contribution in [-0.4, -0.2) is 59.2 Å². The van der Waals surface area contributed by atoms with Gasteiger partial charge in [0.1, 0.15) is 11.8 Å². The predicted octanol–water partition coefficient (Wildman–Crippen LogP) is 2.36. The zero-order chi connectivity index (χ0) is 24.2. The van der Waals surface area contributed by atoms with Gasteiger partial charge in [0.2, 0.25) is 0 Å². The first-order chi connectivity index (χ1) is 15.5. The fraction of sp³-hybridized carbons (Fsp3) is 0.364. The number of nitriles is 2. The minimum absolute atomic E-state index is 0.0132. The molecular formula is C22H21F3N6O2. The van der Waals surface area contributed by atoms with Gasteiger partial charge in [-0.3, -0.25) is 9.69 Å². The normalized spacial score (nSPS) is 16.4. The van der Waals surface area contributed by atoms with E-state index in [-0.39, 0.29) is 12.2 Å². The number of nitrogens with zero attached hydrogens (tertiary/aromatic N) is 5. The molecule has 1 aromatic heterocycles. The molecule has 1 unspecified atom stereocenters. The number of halogens is 3. The Labute approximate surface area is 188 Å². The van der Waals surface area contributed by atoms with Gasteiger partial charge < -0.3 is 15.3 Å². The third-order valence-electron chi connectivity index (χ3n) is 5.32. The molecule has 1 aliphatic heterocycles. The number of β-amino-alcohol motifs (C(OH)–C–C–N with tert-alkyl or cyclic N) is 1. The fourth-order valence-electron chi connectivity index (χ4n) is 3.53. The molecule has 0 saturated carbocycles. The highest BCUT2D eigenvalue weighted by Gasteiger charge is 2.36. The number of alkyl halides is 3. The molecule has 2 heterocycles. The number of hydrogen-bond acceptors (Lipinski definition) is 7. The van der Waals surface area contributed by atoms with Crippen LogP contribution in [0.25, 0.3) is 0 Å². The van der Waals surface area contributed by atoms with E-state index < -0.39 is 28.8 Å². The van der Waals surface area contributed by atoms with E-state index in [1.807, 2.05) is 11.0 Å². The maximum atomic E-state index is 13.1. The van der Waals surface area contributed by atoms with Crippen molar-refractivity contribution in [2.75, 3.05) is 42.9 Å². The van der Waals surface area contributed by atoms with Crippen LogP contribution in [0.15, 0.2) is 36.5 Å². The summed E-state index contributed by atoms with van der Waals surface area (Å²) in [6, 6.07) is 9.71. The number of rotatable bonds is 5. The van der Waals surface area contributed by atoms with Crippen molar-refractivity contribution in [2.24, 2.45) is 0 Å². The summed E-state index contributed by atoms with van der Waals surface area (Å²) in [6.07, 6.45) is -3.14. The molecule has 172 valence electrons. The number of carbonyl (C=O) groups is 1. The van der Waals surface area contributed by atoms with E-state index in [9.17, 15) is 23.1 Å². The van der Waals surface area contributed by atoms with Gasteiger partial charge in [0, 0.05) is 38.4 Å². The lowest BCUT2D eigenvalue weighted by Crippen LogP contribution is -2.54. The fourth-order valence-corrected chi connectivity index (χ4v) is 3.53. The first-order valence-electron chi connectivity index (χ1n) is 10.0. The number of amides is 1. The minimum Gasteiger partial charge on any atom is -0.379 e. The molecule has 0 spiro atoms. The van der Waals surface area contributed by atoms with Gasteiger partial charge in [-0.1, -0.05) is 0 Å². The second-order valence-corrected chi connectivity index (χ2v) is 7.87. The molecule has 3 rings (SSSR count). The number of carbonyl (C=O) groups excluding carboxylic acids is 1. The molecule has 1 fully saturated rings. The second kappa shape index (κ2) is 9.45. The standard InChI is InChI=1S/C22H21F3N6O2/c1-21(33,20(32)29-16-3-2-15(11-26)19(10-16)22(23,24)25)14-30-6-8-31(9-7-30)18-5-4-17(12-27)28-13-18/h2-5,10,13,33H,6-9,14H2,1H3,(H,29,32). The van der Waals surface area contributed by atoms with Crippen LogP contribution in [0.3, 0.4) is 0 Å². The summed E-state index contributed by atoms with van der Waals surface area (Å²) in [5, 5.41) is 30.7. The number of aliphatic hydroxyl groups is 1. The Balaban J connectivity index is 1.60. The van der Waals surface area contributed by atoms with Crippen molar-refractivity contribution in [2.45, 2.75) is 18.7 Å². The van der Waals surface area contributed by atoms with Crippen LogP contribution >= 0.6 is 0 Å². The van der Waals surface area contributed by atoms with E-state index >= 15 is 0 Å². The third kappa shape index (κ3) is 5.77. The van der Waals surface area contributed by atoms with Gasteiger partial charge in [0.05, 0.1) is 29.1 Å². The predicted molar refractivity (Wildman–Crippen MR) is 113 cm³/mol. The Kier molecular flexibility index (Phi) is 6.86. The Morgan fingerprint density at radius 2 is 1.85 bits per heavy atom. The summed E-state index contributed by atoms with van der Waals surface area (Å²) in [5.41, 5.74) is -2.54. The summed E-state index contributed by atoms with van der Waals surface area (Å²) in [6.45, 7) is 3.58. The Morgan fingerprint density at radius 3 is 2.39 bits per heavy atom. The third-order valence-corrected chi connectivity index (χ3v) is 5.32. The lowest BCUT2D eigenvalue weighted by molar-refractivity contribution is -0.138. The molecule has 1 aliphatic rings. The number of piperazine rings is 1. The summed E-state index contributed by atoms with van der Waals surface area (Å²) < 4.78 is 39.4. The van der Waals surface area contributed by atoms with Crippen LogP contribution in [0.1, 0.15) is 23.7 Å². The number of aromatic nitrogens is 1. The van der Waals surface area contributed by atoms with Gasteiger partial charge >= 0.3 is 6.18 Å². The Bertz CT molecular complexity index is 1100. The van der Waals surface area contributed by atoms with Gasteiger partial charge in [0.25, 0.3) is 5.91 Å². The monoisotopic (exact) mass is 458 g/mol. The summed E-state index contributed by atoms with van der Waals surface area (Å²) in [5.74, 6) is -0.848. The summed E-state index contributed by atoms with van der Waals surface area (Å²) >= 11 is 0. The maximum Gasteiger partial charge on any atom is 0.417 e. The van der Waals surface area contributed by atoms with Crippen molar-refractivity contribution in [1.29, 1.82) is 10.5 Å². The van der Waals surface area contributed by atoms with Crippen LogP contribution in [0.2, 0.25) is 0 Å². The smallest absolute Gasteiger partial charge is 0.379 e. The lowest BCUT2D eigenvalue weighted by Gasteiger charge is -2.38. The number of nitrogens with one attached hydrogen (secondary N) is 1. The number of benzene rings is 1. The van der Waals surface area contributed by atoms with Gasteiger partial charge in [-0.15, -0.1) is 0 Å². The van der Waals surface area contributed by atoms with E-state index in [1.54, 1.807) is 18.3 Å². The molecule has 0 radical (unpaired) electrons. The molecule has 1 atom stereocenters. The molecule has 1 aromatic carbocycles. The first-order valence-corrected chi connectivity index (χ1v) is 10.0. The van der Waals surface area contributed by atoms with Crippen LogP contribution in [-0.2, 0) is 11.0 Å². The van der Waals surface area contributed by atoms with Crippen molar-refractivity contribution >= 4 is 17.3 Å². The minimum atomic E-state index is -4.75. The van der Waals surface area contributed by atoms with E-state index in [4.69, 9.17) is 10.5 Å². The molecule has 0 bridgehead atoms. The first kappa shape index (κ1) is 24.0. The average Bonchev–Trinajstić information content (AvgIpc) is 2.79. The molecule has 0 aliphatic carbocycles. The maximum absolute atomic E-state index is 13.1. The largest absolute Gasteiger partial charge is 0.417 e. The molecule has 8 nitrogen and oxygen atoms in total. The zero-order valence-electron chi connectivity index (χ0n) is 17.7. The van der Waals surface area contributed by atoms with Crippen molar-refractivity contribution in [3.63, 3.8) is 0 Å². The topological polar surface area (TPSA) is 116 Å². The lowest BCUT2D eigenvalue weighted by atomic mass is 10.0. The zero-order valence-corrected chi connectivity index (χ0v) is 17.7. The molecule has 2 N–H and O–H groups in total. The second-order valence-electron chi connectivity index (χ2n) is 7.87. The van der Waals surface area contributed by atoms with Crippen LogP contribution in [0.4, 0.5) is 24.5 Å². The molecule has 1 saturated heterocycles. The van der Waals surface area contributed by atoms with E-state index in [0.29, 0.717) is 37.9 Å². The van der Waals surface area contributed by atoms with Crippen molar-refractivity contribution < 1.29 is 23.1 Å². The van der Waals surface area contributed by atoms with Crippen LogP contribution in [0.5, 0.6) is 0 Å². The molecule has 11 heteroatoms. The molecule has 2 aromatic rings. The quantitative estimate of drug-likeness (QED) is 0.707. The summed E-state index contributed by atoms with van der Waals surface area (Å²) in [7, 11) is 0. The van der Waals surface area contributed by atoms with Gasteiger partial charge in [0.15, 0.2) is 5.60 Å². The number of anilines is 2. The van der Waals surface area contributed by atoms with Crippen molar-refractivity contribution in [3.8, 4) is 12.1 Å². The van der Waals surface area contributed by atoms with Crippen molar-refractivity contribution in [3.05, 3.63) is 53.3 Å². The summed E-state index contributed by atoms with van der Waals surface area (Å²) in [4.78, 5) is 20.6. The van der Waals surface area contributed by atoms with Gasteiger partial charge in [-0.25, -0.2) is 4.98 Å².